The molecule has 1 N–H and O–H groups in total. The van der Waals surface area contributed by atoms with Crippen LogP contribution in [0.5, 0.6) is 0 Å². The van der Waals surface area contributed by atoms with Gasteiger partial charge in [0.15, 0.2) is 0 Å². The zero-order chi connectivity index (χ0) is 12.8. The van der Waals surface area contributed by atoms with Crippen LogP contribution < -0.4 is 5.32 Å². The number of carbonyl (C=O) groups excluding carboxylic acids is 1. The van der Waals surface area contributed by atoms with Crippen molar-refractivity contribution in [2.75, 3.05) is 6.54 Å². The van der Waals surface area contributed by atoms with Gasteiger partial charge in [-0.3, -0.25) is 4.79 Å². The molecule has 0 fully saturated rings. The first kappa shape index (κ1) is 16.5. The zero-order valence-corrected chi connectivity index (χ0v) is 11.6. The van der Waals surface area contributed by atoms with Crippen LogP contribution in [0.3, 0.4) is 0 Å². The molecule has 0 heterocycles. The van der Waals surface area contributed by atoms with E-state index in [4.69, 9.17) is 0 Å². The Bertz CT molecular complexity index is 168. The van der Waals surface area contributed by atoms with Gasteiger partial charge in [0.25, 0.3) is 0 Å². The summed E-state index contributed by atoms with van der Waals surface area (Å²) < 4.78 is 0. The molecule has 0 aromatic carbocycles. The van der Waals surface area contributed by atoms with E-state index in [1.807, 2.05) is 0 Å². The quantitative estimate of drug-likeness (QED) is 0.508. The molecule has 0 rings (SSSR count). The Labute approximate surface area is 108 Å². The van der Waals surface area contributed by atoms with E-state index in [1.165, 1.54) is 57.8 Å². The van der Waals surface area contributed by atoms with Gasteiger partial charge in [-0.05, 0) is 13.3 Å². The lowest BCUT2D eigenvalue weighted by Gasteiger charge is -2.03. The Morgan fingerprint density at radius 1 is 0.882 bits per heavy atom. The summed E-state index contributed by atoms with van der Waals surface area (Å²) in [5, 5.41) is 2.73. The second-order valence-electron chi connectivity index (χ2n) is 4.78. The molecule has 0 aromatic heterocycles. The smallest absolute Gasteiger partial charge is 0.219 e. The fourth-order valence-corrected chi connectivity index (χ4v) is 2.00. The summed E-state index contributed by atoms with van der Waals surface area (Å²) in [7, 11) is 0. The number of nitrogens with one attached hydrogen (secondary N) is 1. The third-order valence-corrected chi connectivity index (χ3v) is 3.08. The zero-order valence-electron chi connectivity index (χ0n) is 11.6. The van der Waals surface area contributed by atoms with Gasteiger partial charge in [-0.2, -0.15) is 0 Å². The van der Waals surface area contributed by atoms with Gasteiger partial charge in [-0.1, -0.05) is 64.7 Å². The van der Waals surface area contributed by atoms with Crippen molar-refractivity contribution in [3.8, 4) is 0 Å². The summed E-state index contributed by atoms with van der Waals surface area (Å²) in [6, 6.07) is 0. The van der Waals surface area contributed by atoms with Crippen molar-refractivity contribution in [3.05, 3.63) is 6.92 Å². The summed E-state index contributed by atoms with van der Waals surface area (Å²) in [4.78, 5) is 11.1. The molecule has 1 amide bonds. The molecule has 101 valence electrons. The number of hydrogen-bond acceptors (Lipinski definition) is 1. The largest absolute Gasteiger partial charge is 0.356 e. The third kappa shape index (κ3) is 13.4. The Morgan fingerprint density at radius 3 is 1.82 bits per heavy atom. The number of carbonyl (C=O) groups is 1. The molecule has 0 aliphatic rings. The highest BCUT2D eigenvalue weighted by atomic mass is 16.1. The van der Waals surface area contributed by atoms with E-state index >= 15 is 0 Å². The SMILES string of the molecule is [CH2]CNC(=O)CCCCCCCCCCCC. The lowest BCUT2D eigenvalue weighted by atomic mass is 10.1. The fraction of sp³-hybridized carbons (Fsp3) is 0.867. The summed E-state index contributed by atoms with van der Waals surface area (Å²) >= 11 is 0. The van der Waals surface area contributed by atoms with Crippen LogP contribution in [0.1, 0.15) is 77.6 Å². The minimum Gasteiger partial charge on any atom is -0.356 e. The van der Waals surface area contributed by atoms with Crippen molar-refractivity contribution in [1.82, 2.24) is 5.32 Å². The Balaban J connectivity index is 3.01. The Kier molecular flexibility index (Phi) is 13.1. The second kappa shape index (κ2) is 13.5. The average molecular weight is 240 g/mol. The maximum Gasteiger partial charge on any atom is 0.219 e. The molecule has 0 aromatic rings. The van der Waals surface area contributed by atoms with E-state index in [0.717, 1.165) is 6.42 Å². The molecule has 2 nitrogen and oxygen atoms in total. The lowest BCUT2D eigenvalue weighted by molar-refractivity contribution is -0.121. The number of unbranched alkanes of at least 4 members (excludes halogenated alkanes) is 9. The van der Waals surface area contributed by atoms with E-state index in [0.29, 0.717) is 13.0 Å². The van der Waals surface area contributed by atoms with Gasteiger partial charge in [-0.15, -0.1) is 0 Å². The van der Waals surface area contributed by atoms with Gasteiger partial charge < -0.3 is 5.32 Å². The van der Waals surface area contributed by atoms with Crippen LogP contribution in [0, 0.1) is 6.92 Å². The highest BCUT2D eigenvalue weighted by Crippen LogP contribution is 2.11. The molecule has 0 spiro atoms. The van der Waals surface area contributed by atoms with Crippen molar-refractivity contribution < 1.29 is 4.79 Å². The molecule has 0 saturated carbocycles. The van der Waals surface area contributed by atoms with E-state index in [1.54, 1.807) is 0 Å². The van der Waals surface area contributed by atoms with Crippen LogP contribution in [0.4, 0.5) is 0 Å². The second-order valence-corrected chi connectivity index (χ2v) is 4.78. The van der Waals surface area contributed by atoms with Crippen molar-refractivity contribution in [2.24, 2.45) is 0 Å². The monoisotopic (exact) mass is 240 g/mol. The van der Waals surface area contributed by atoms with Crippen LogP contribution >= 0.6 is 0 Å². The van der Waals surface area contributed by atoms with Gasteiger partial charge in [0.05, 0.1) is 0 Å². The van der Waals surface area contributed by atoms with E-state index in [-0.39, 0.29) is 5.91 Å². The molecule has 0 atom stereocenters. The van der Waals surface area contributed by atoms with E-state index < -0.39 is 0 Å². The van der Waals surface area contributed by atoms with Crippen LogP contribution in [0.25, 0.3) is 0 Å². The van der Waals surface area contributed by atoms with Crippen LogP contribution in [-0.4, -0.2) is 12.5 Å². The third-order valence-electron chi connectivity index (χ3n) is 3.08. The van der Waals surface area contributed by atoms with Gasteiger partial charge in [0, 0.05) is 13.0 Å². The minimum atomic E-state index is 0.152. The van der Waals surface area contributed by atoms with Crippen molar-refractivity contribution in [1.29, 1.82) is 0 Å². The number of amides is 1. The normalized spacial score (nSPS) is 10.5. The molecule has 0 unspecified atom stereocenters. The topological polar surface area (TPSA) is 29.1 Å². The van der Waals surface area contributed by atoms with Gasteiger partial charge in [0.2, 0.25) is 5.91 Å². The van der Waals surface area contributed by atoms with Crippen LogP contribution in [-0.2, 0) is 4.79 Å². The first-order valence-electron chi connectivity index (χ1n) is 7.37. The number of rotatable bonds is 12. The number of hydrogen-bond donors (Lipinski definition) is 1. The van der Waals surface area contributed by atoms with E-state index in [9.17, 15) is 4.79 Å². The standard InChI is InChI=1S/C15H30NO/c1-3-5-6-7-8-9-10-11-12-13-14-15(17)16-4-2/h2-14H2,1H3,(H,16,17). The molecular formula is C15H30NO. The predicted octanol–water partition coefficient (Wildman–Crippen LogP) is 4.25. The summed E-state index contributed by atoms with van der Waals surface area (Å²) in [6.07, 6.45) is 13.8. The Hall–Kier alpha value is -0.530. The minimum absolute atomic E-state index is 0.152. The molecule has 17 heavy (non-hydrogen) atoms. The first-order valence-corrected chi connectivity index (χ1v) is 7.37. The molecular weight excluding hydrogens is 210 g/mol. The summed E-state index contributed by atoms with van der Waals surface area (Å²) in [6.45, 7) is 6.36. The molecule has 0 aliphatic heterocycles. The molecule has 0 bridgehead atoms. The molecule has 1 radical (unpaired) electrons. The van der Waals surface area contributed by atoms with Gasteiger partial charge >= 0.3 is 0 Å². The summed E-state index contributed by atoms with van der Waals surface area (Å²) in [5.74, 6) is 0.152. The van der Waals surface area contributed by atoms with E-state index in [2.05, 4.69) is 19.2 Å². The first-order chi connectivity index (χ1) is 8.31. The molecule has 0 aliphatic carbocycles. The van der Waals surface area contributed by atoms with Crippen molar-refractivity contribution in [3.63, 3.8) is 0 Å². The average Bonchev–Trinajstić information content (AvgIpc) is 2.32. The Morgan fingerprint density at radius 2 is 1.35 bits per heavy atom. The summed E-state index contributed by atoms with van der Waals surface area (Å²) in [5.41, 5.74) is 0. The molecule has 2 heteroatoms. The van der Waals surface area contributed by atoms with Crippen LogP contribution in [0.2, 0.25) is 0 Å². The predicted molar refractivity (Wildman–Crippen MR) is 74.8 cm³/mol. The van der Waals surface area contributed by atoms with Crippen molar-refractivity contribution >= 4 is 5.91 Å². The highest BCUT2D eigenvalue weighted by molar-refractivity contribution is 5.75. The van der Waals surface area contributed by atoms with Gasteiger partial charge in [0.1, 0.15) is 0 Å². The maximum atomic E-state index is 11.1. The fourth-order valence-electron chi connectivity index (χ4n) is 2.00. The van der Waals surface area contributed by atoms with Crippen LogP contribution in [0.15, 0.2) is 0 Å². The maximum absolute atomic E-state index is 11.1. The van der Waals surface area contributed by atoms with Crippen molar-refractivity contribution in [2.45, 2.75) is 77.6 Å². The highest BCUT2D eigenvalue weighted by Gasteiger charge is 1.98. The van der Waals surface area contributed by atoms with Gasteiger partial charge in [-0.25, -0.2) is 0 Å². The lowest BCUT2D eigenvalue weighted by Crippen LogP contribution is -2.22. The molecule has 0 saturated heterocycles.